The molecule has 1 aromatic heterocycles. The molecule has 0 radical (unpaired) electrons. The molecule has 2 atom stereocenters. The van der Waals surface area contributed by atoms with Crippen molar-refractivity contribution in [2.24, 2.45) is 0 Å². The summed E-state index contributed by atoms with van der Waals surface area (Å²) in [4.78, 5) is 32.7. The lowest BCUT2D eigenvalue weighted by Gasteiger charge is -2.42. The maximum absolute atomic E-state index is 13.1. The van der Waals surface area contributed by atoms with Crippen LogP contribution in [0, 0.1) is 0 Å². The Balaban J connectivity index is 1.98. The number of carbonyl (C=O) groups excluding carboxylic acids is 2. The van der Waals surface area contributed by atoms with Gasteiger partial charge in [-0.05, 0) is 17.2 Å². The number of nitrogens with one attached hydrogen (secondary N) is 1. The summed E-state index contributed by atoms with van der Waals surface area (Å²) in [6.07, 6.45) is 0.461. The molecule has 6 heteroatoms. The van der Waals surface area contributed by atoms with Crippen molar-refractivity contribution in [3.8, 4) is 0 Å². The predicted molar refractivity (Wildman–Crippen MR) is 110 cm³/mol. The molecule has 4 rings (SSSR count). The van der Waals surface area contributed by atoms with Gasteiger partial charge in [-0.15, -0.1) is 11.6 Å². The number of likely N-dealkylation sites (N-methyl/N-ethyl adjacent to an activating group) is 1. The maximum atomic E-state index is 13.1. The van der Waals surface area contributed by atoms with Gasteiger partial charge in [0.2, 0.25) is 11.8 Å². The zero-order chi connectivity index (χ0) is 19.8. The summed E-state index contributed by atoms with van der Waals surface area (Å²) in [5, 5.41) is 1.09. The van der Waals surface area contributed by atoms with E-state index in [9.17, 15) is 9.59 Å². The fraction of sp³-hybridized carbons (Fsp3) is 0.273. The first-order valence-corrected chi connectivity index (χ1v) is 9.79. The Morgan fingerprint density at radius 1 is 1.11 bits per heavy atom. The van der Waals surface area contributed by atoms with Gasteiger partial charge < -0.3 is 14.8 Å². The summed E-state index contributed by atoms with van der Waals surface area (Å²) in [5.41, 5.74) is 3.99. The third-order valence-electron chi connectivity index (χ3n) is 5.37. The lowest BCUT2D eigenvalue weighted by molar-refractivity contribution is -0.145. The summed E-state index contributed by atoms with van der Waals surface area (Å²) in [5.74, 6) is -0.522. The molecule has 2 aromatic carbocycles. The summed E-state index contributed by atoms with van der Waals surface area (Å²) in [6.45, 7) is 0. The van der Waals surface area contributed by atoms with Crippen molar-refractivity contribution in [2.45, 2.75) is 18.5 Å². The highest BCUT2D eigenvalue weighted by Crippen LogP contribution is 2.41. The van der Waals surface area contributed by atoms with Gasteiger partial charge in [0, 0.05) is 37.1 Å². The first-order chi connectivity index (χ1) is 13.5. The van der Waals surface area contributed by atoms with Crippen LogP contribution in [0.15, 0.2) is 54.6 Å². The minimum Gasteiger partial charge on any atom is -0.356 e. The van der Waals surface area contributed by atoms with Crippen molar-refractivity contribution in [1.82, 2.24) is 14.8 Å². The van der Waals surface area contributed by atoms with Gasteiger partial charge in [0.1, 0.15) is 11.9 Å². The summed E-state index contributed by atoms with van der Waals surface area (Å²) in [6, 6.07) is 16.9. The molecule has 0 bridgehead atoms. The number of hydrogen-bond donors (Lipinski definition) is 1. The Hall–Kier alpha value is -2.79. The number of nitrogens with zero attached hydrogens (tertiary/aromatic N) is 2. The molecule has 3 aromatic rings. The number of alkyl halides is 1. The van der Waals surface area contributed by atoms with Crippen LogP contribution >= 0.6 is 11.6 Å². The van der Waals surface area contributed by atoms with Crippen LogP contribution < -0.4 is 0 Å². The molecule has 2 heterocycles. The highest BCUT2D eigenvalue weighted by molar-refractivity contribution is 6.27. The summed E-state index contributed by atoms with van der Waals surface area (Å²) in [7, 11) is 3.43. The van der Waals surface area contributed by atoms with Crippen molar-refractivity contribution in [2.75, 3.05) is 20.0 Å². The quantitative estimate of drug-likeness (QED) is 0.691. The van der Waals surface area contributed by atoms with E-state index in [-0.39, 0.29) is 17.7 Å². The number of halogens is 1. The lowest BCUT2D eigenvalue weighted by Crippen LogP contribution is -2.54. The van der Waals surface area contributed by atoms with E-state index in [2.05, 4.69) is 11.1 Å². The van der Waals surface area contributed by atoms with Gasteiger partial charge in [-0.1, -0.05) is 48.5 Å². The van der Waals surface area contributed by atoms with Crippen LogP contribution in [-0.2, 0) is 16.0 Å². The summed E-state index contributed by atoms with van der Waals surface area (Å²) < 4.78 is 0. The van der Waals surface area contributed by atoms with Crippen molar-refractivity contribution < 1.29 is 9.59 Å². The number of H-pyrrole nitrogens is 1. The van der Waals surface area contributed by atoms with Gasteiger partial charge in [-0.25, -0.2) is 0 Å². The molecule has 144 valence electrons. The van der Waals surface area contributed by atoms with Crippen molar-refractivity contribution in [3.05, 3.63) is 71.4 Å². The molecular formula is C22H22ClN3O2. The number of rotatable bonds is 3. The average molecular weight is 396 g/mol. The minimum absolute atomic E-state index is 0.102. The molecule has 5 nitrogen and oxygen atoms in total. The van der Waals surface area contributed by atoms with Crippen molar-refractivity contribution in [1.29, 1.82) is 0 Å². The molecule has 0 fully saturated rings. The van der Waals surface area contributed by atoms with Gasteiger partial charge in [-0.2, -0.15) is 0 Å². The summed E-state index contributed by atoms with van der Waals surface area (Å²) >= 11 is 5.97. The number of aromatic nitrogens is 1. The van der Waals surface area contributed by atoms with Crippen LogP contribution in [0.5, 0.6) is 0 Å². The van der Waals surface area contributed by atoms with Crippen LogP contribution in [0.2, 0.25) is 0 Å². The Kier molecular flexibility index (Phi) is 4.85. The number of amides is 2. The zero-order valence-corrected chi connectivity index (χ0v) is 16.6. The highest BCUT2D eigenvalue weighted by atomic mass is 35.5. The number of carbonyl (C=O) groups is 2. The maximum Gasteiger partial charge on any atom is 0.245 e. The molecule has 0 unspecified atom stereocenters. The zero-order valence-electron chi connectivity index (χ0n) is 15.9. The lowest BCUT2D eigenvalue weighted by atomic mass is 9.87. The first kappa shape index (κ1) is 18.6. The molecular weight excluding hydrogens is 374 g/mol. The molecule has 1 aliphatic heterocycles. The molecule has 0 saturated heterocycles. The van der Waals surface area contributed by atoms with Crippen LogP contribution in [0.3, 0.4) is 0 Å². The molecule has 0 aliphatic carbocycles. The van der Waals surface area contributed by atoms with E-state index >= 15 is 0 Å². The van der Waals surface area contributed by atoms with E-state index in [1.165, 1.54) is 0 Å². The minimum atomic E-state index is -0.599. The second kappa shape index (κ2) is 7.32. The Morgan fingerprint density at radius 3 is 2.46 bits per heavy atom. The SMILES string of the molecule is CN(C)C(=O)[C@H]1Cc2c([nH]c3ccccc23)[C@H](c2ccccc2)N1C(=O)CCl. The number of aromatic amines is 1. The highest BCUT2D eigenvalue weighted by Gasteiger charge is 2.43. The second-order valence-electron chi connectivity index (χ2n) is 7.26. The van der Waals surface area contributed by atoms with Gasteiger partial charge in [0.15, 0.2) is 0 Å². The molecule has 1 N–H and O–H groups in total. The van der Waals surface area contributed by atoms with E-state index < -0.39 is 12.1 Å². The number of fused-ring (bicyclic) bond motifs is 3. The Morgan fingerprint density at radius 2 is 1.79 bits per heavy atom. The predicted octanol–water partition coefficient (Wildman–Crippen LogP) is 3.34. The van der Waals surface area contributed by atoms with Gasteiger partial charge >= 0.3 is 0 Å². The molecule has 28 heavy (non-hydrogen) atoms. The average Bonchev–Trinajstić information content (AvgIpc) is 3.10. The second-order valence-corrected chi connectivity index (χ2v) is 7.53. The van der Waals surface area contributed by atoms with Crippen molar-refractivity contribution >= 4 is 34.3 Å². The number of benzene rings is 2. The van der Waals surface area contributed by atoms with E-state index in [0.29, 0.717) is 6.42 Å². The fourth-order valence-corrected chi connectivity index (χ4v) is 4.28. The third kappa shape index (κ3) is 2.96. The Labute approximate surface area is 168 Å². The normalized spacial score (nSPS) is 18.8. The fourth-order valence-electron chi connectivity index (χ4n) is 4.14. The molecule has 2 amide bonds. The van der Waals surface area contributed by atoms with Crippen LogP contribution in [0.4, 0.5) is 0 Å². The van der Waals surface area contributed by atoms with E-state index in [1.807, 2.05) is 48.5 Å². The monoisotopic (exact) mass is 395 g/mol. The smallest absolute Gasteiger partial charge is 0.245 e. The third-order valence-corrected chi connectivity index (χ3v) is 5.60. The van der Waals surface area contributed by atoms with Crippen LogP contribution in [-0.4, -0.2) is 52.6 Å². The van der Waals surface area contributed by atoms with Gasteiger partial charge in [0.25, 0.3) is 0 Å². The van der Waals surface area contributed by atoms with E-state index in [4.69, 9.17) is 11.6 Å². The van der Waals surface area contributed by atoms with E-state index in [1.54, 1.807) is 23.9 Å². The van der Waals surface area contributed by atoms with Gasteiger partial charge in [0.05, 0.1) is 6.04 Å². The van der Waals surface area contributed by atoms with Crippen molar-refractivity contribution in [3.63, 3.8) is 0 Å². The van der Waals surface area contributed by atoms with Crippen LogP contribution in [0.25, 0.3) is 10.9 Å². The standard InChI is InChI=1S/C22H22ClN3O2/c1-25(2)22(28)18-12-16-15-10-6-7-11-17(15)24-20(16)21(26(18)19(27)13-23)14-8-4-3-5-9-14/h3-11,18,21,24H,12-13H2,1-2H3/t18-,21+/m1/s1. The number of hydrogen-bond acceptors (Lipinski definition) is 2. The van der Waals surface area contributed by atoms with Crippen LogP contribution in [0.1, 0.15) is 22.9 Å². The topological polar surface area (TPSA) is 56.4 Å². The number of para-hydroxylation sites is 1. The molecule has 1 aliphatic rings. The molecule has 0 spiro atoms. The largest absolute Gasteiger partial charge is 0.356 e. The van der Waals surface area contributed by atoms with E-state index in [0.717, 1.165) is 27.7 Å². The van der Waals surface area contributed by atoms with Gasteiger partial charge in [-0.3, -0.25) is 9.59 Å². The Bertz CT molecular complexity index is 1030. The first-order valence-electron chi connectivity index (χ1n) is 9.25. The molecule has 0 saturated carbocycles.